The molecule has 2 atom stereocenters. The van der Waals surface area contributed by atoms with Crippen LogP contribution in [-0.2, 0) is 6.54 Å². The predicted octanol–water partition coefficient (Wildman–Crippen LogP) is 1.89. The molecular formula is C15H22N4. The maximum Gasteiger partial charge on any atom is 0.137 e. The van der Waals surface area contributed by atoms with Crippen molar-refractivity contribution in [3.05, 3.63) is 36.3 Å². The van der Waals surface area contributed by atoms with E-state index in [0.717, 1.165) is 24.4 Å². The number of hydrogen-bond donors (Lipinski definition) is 1. The lowest BCUT2D eigenvalue weighted by Crippen LogP contribution is -2.37. The van der Waals surface area contributed by atoms with E-state index >= 15 is 0 Å². The maximum atomic E-state index is 5.87. The molecule has 2 aromatic rings. The fraction of sp³-hybridized carbons (Fsp3) is 0.533. The summed E-state index contributed by atoms with van der Waals surface area (Å²) in [4.78, 5) is 7.09. The number of nitrogens with zero attached hydrogens (tertiary/aromatic N) is 3. The first-order valence-electron chi connectivity index (χ1n) is 7.11. The van der Waals surface area contributed by atoms with Gasteiger partial charge in [-0.2, -0.15) is 0 Å². The van der Waals surface area contributed by atoms with Gasteiger partial charge in [0.25, 0.3) is 0 Å². The van der Waals surface area contributed by atoms with Gasteiger partial charge in [-0.3, -0.25) is 4.90 Å². The minimum absolute atomic E-state index is 0.620. The molecule has 0 aliphatic heterocycles. The largest absolute Gasteiger partial charge is 0.330 e. The average Bonchev–Trinajstić information content (AvgIpc) is 3.03. The van der Waals surface area contributed by atoms with E-state index in [9.17, 15) is 0 Å². The lowest BCUT2D eigenvalue weighted by Gasteiger charge is -2.28. The Hall–Kier alpha value is -1.39. The molecule has 0 radical (unpaired) electrons. The average molecular weight is 258 g/mol. The van der Waals surface area contributed by atoms with E-state index in [4.69, 9.17) is 5.73 Å². The van der Waals surface area contributed by atoms with Crippen LogP contribution in [0.1, 0.15) is 25.0 Å². The third-order valence-electron chi connectivity index (χ3n) is 4.31. The summed E-state index contributed by atoms with van der Waals surface area (Å²) in [5, 5.41) is 0. The molecule has 0 spiro atoms. The Bertz CT molecular complexity index is 515. The van der Waals surface area contributed by atoms with Crippen molar-refractivity contribution >= 4 is 5.65 Å². The van der Waals surface area contributed by atoms with Gasteiger partial charge in [0.2, 0.25) is 0 Å². The number of hydrogen-bond acceptors (Lipinski definition) is 3. The summed E-state index contributed by atoms with van der Waals surface area (Å²) < 4.78 is 2.08. The van der Waals surface area contributed by atoms with Crippen molar-refractivity contribution in [2.75, 3.05) is 13.6 Å². The van der Waals surface area contributed by atoms with Crippen LogP contribution in [-0.4, -0.2) is 33.9 Å². The van der Waals surface area contributed by atoms with E-state index in [1.165, 1.54) is 19.3 Å². The SMILES string of the molecule is CN(Cc1cn2ccccc2n1)C1CCCC1CN. The smallest absolute Gasteiger partial charge is 0.137 e. The summed E-state index contributed by atoms with van der Waals surface area (Å²) in [5.74, 6) is 0.655. The molecule has 2 N–H and O–H groups in total. The third kappa shape index (κ3) is 2.51. The van der Waals surface area contributed by atoms with E-state index in [0.29, 0.717) is 12.0 Å². The zero-order valence-corrected chi connectivity index (χ0v) is 11.5. The number of imidazole rings is 1. The van der Waals surface area contributed by atoms with Gasteiger partial charge in [-0.15, -0.1) is 0 Å². The summed E-state index contributed by atoms with van der Waals surface area (Å²) >= 11 is 0. The van der Waals surface area contributed by atoms with Crippen molar-refractivity contribution in [2.24, 2.45) is 11.7 Å². The zero-order chi connectivity index (χ0) is 13.2. The first-order valence-corrected chi connectivity index (χ1v) is 7.11. The van der Waals surface area contributed by atoms with E-state index in [-0.39, 0.29) is 0 Å². The topological polar surface area (TPSA) is 46.6 Å². The van der Waals surface area contributed by atoms with Crippen molar-refractivity contribution in [2.45, 2.75) is 31.8 Å². The molecular weight excluding hydrogens is 236 g/mol. The molecule has 2 aromatic heterocycles. The molecule has 3 rings (SSSR count). The van der Waals surface area contributed by atoms with Crippen LogP contribution in [0.25, 0.3) is 5.65 Å². The van der Waals surface area contributed by atoms with Crippen LogP contribution in [0, 0.1) is 5.92 Å². The highest BCUT2D eigenvalue weighted by atomic mass is 15.2. The second kappa shape index (κ2) is 5.31. The zero-order valence-electron chi connectivity index (χ0n) is 11.5. The van der Waals surface area contributed by atoms with Gasteiger partial charge in [0.1, 0.15) is 5.65 Å². The van der Waals surface area contributed by atoms with Gasteiger partial charge < -0.3 is 10.1 Å². The molecule has 0 aromatic carbocycles. The molecule has 1 aliphatic rings. The van der Waals surface area contributed by atoms with Crippen LogP contribution in [0.5, 0.6) is 0 Å². The predicted molar refractivity (Wildman–Crippen MR) is 76.8 cm³/mol. The molecule has 1 saturated carbocycles. The van der Waals surface area contributed by atoms with Crippen molar-refractivity contribution in [3.63, 3.8) is 0 Å². The van der Waals surface area contributed by atoms with Crippen molar-refractivity contribution in [1.29, 1.82) is 0 Å². The van der Waals surface area contributed by atoms with E-state index in [1.54, 1.807) is 0 Å². The van der Waals surface area contributed by atoms with Crippen molar-refractivity contribution < 1.29 is 0 Å². The lowest BCUT2D eigenvalue weighted by molar-refractivity contribution is 0.191. The number of rotatable bonds is 4. The van der Waals surface area contributed by atoms with Gasteiger partial charge in [-0.05, 0) is 44.5 Å². The standard InChI is InChI=1S/C15H22N4/c1-18(14-6-4-5-12(14)9-16)10-13-11-19-8-3-2-7-15(19)17-13/h2-3,7-8,11-12,14H,4-6,9-10,16H2,1H3. The Morgan fingerprint density at radius 3 is 3.11 bits per heavy atom. The van der Waals surface area contributed by atoms with Crippen LogP contribution >= 0.6 is 0 Å². The lowest BCUT2D eigenvalue weighted by atomic mass is 10.0. The molecule has 4 nitrogen and oxygen atoms in total. The van der Waals surface area contributed by atoms with E-state index in [2.05, 4.69) is 27.5 Å². The van der Waals surface area contributed by atoms with Crippen LogP contribution in [0.2, 0.25) is 0 Å². The maximum absolute atomic E-state index is 5.87. The molecule has 1 aliphatic carbocycles. The summed E-state index contributed by atoms with van der Waals surface area (Å²) in [5.41, 5.74) is 8.03. The minimum atomic E-state index is 0.620. The highest BCUT2D eigenvalue weighted by molar-refractivity contribution is 5.39. The normalized spacial score (nSPS) is 23.5. The Balaban J connectivity index is 1.73. The Labute approximate surface area is 114 Å². The first kappa shape index (κ1) is 12.6. The van der Waals surface area contributed by atoms with E-state index in [1.807, 2.05) is 24.4 Å². The van der Waals surface area contributed by atoms with Crippen molar-refractivity contribution in [3.8, 4) is 0 Å². The van der Waals surface area contributed by atoms with Gasteiger partial charge in [0.15, 0.2) is 0 Å². The Kier molecular flexibility index (Phi) is 3.53. The summed E-state index contributed by atoms with van der Waals surface area (Å²) in [6.07, 6.45) is 8.02. The van der Waals surface area contributed by atoms with Gasteiger partial charge in [0.05, 0.1) is 5.69 Å². The number of fused-ring (bicyclic) bond motifs is 1. The molecule has 0 amide bonds. The quantitative estimate of drug-likeness (QED) is 0.911. The Morgan fingerprint density at radius 1 is 1.42 bits per heavy atom. The van der Waals surface area contributed by atoms with Crippen LogP contribution in [0.15, 0.2) is 30.6 Å². The summed E-state index contributed by atoms with van der Waals surface area (Å²) in [7, 11) is 2.20. The van der Waals surface area contributed by atoms with Gasteiger partial charge >= 0.3 is 0 Å². The number of pyridine rings is 1. The number of nitrogens with two attached hydrogens (primary N) is 1. The van der Waals surface area contributed by atoms with E-state index < -0.39 is 0 Å². The fourth-order valence-corrected chi connectivity index (χ4v) is 3.31. The second-order valence-electron chi connectivity index (χ2n) is 5.61. The van der Waals surface area contributed by atoms with Crippen LogP contribution in [0.4, 0.5) is 0 Å². The number of aromatic nitrogens is 2. The van der Waals surface area contributed by atoms with Gasteiger partial charge in [-0.1, -0.05) is 12.5 Å². The highest BCUT2D eigenvalue weighted by Crippen LogP contribution is 2.29. The molecule has 19 heavy (non-hydrogen) atoms. The molecule has 0 saturated heterocycles. The molecule has 4 heteroatoms. The molecule has 0 bridgehead atoms. The third-order valence-corrected chi connectivity index (χ3v) is 4.31. The highest BCUT2D eigenvalue weighted by Gasteiger charge is 2.29. The van der Waals surface area contributed by atoms with Gasteiger partial charge in [-0.25, -0.2) is 4.98 Å². The fourth-order valence-electron chi connectivity index (χ4n) is 3.31. The van der Waals surface area contributed by atoms with Crippen LogP contribution in [0.3, 0.4) is 0 Å². The summed E-state index contributed by atoms with van der Waals surface area (Å²) in [6, 6.07) is 6.72. The molecule has 1 fully saturated rings. The molecule has 2 heterocycles. The van der Waals surface area contributed by atoms with Gasteiger partial charge in [0, 0.05) is 25.0 Å². The second-order valence-corrected chi connectivity index (χ2v) is 5.61. The van der Waals surface area contributed by atoms with Crippen molar-refractivity contribution in [1.82, 2.24) is 14.3 Å². The Morgan fingerprint density at radius 2 is 2.32 bits per heavy atom. The summed E-state index contributed by atoms with van der Waals surface area (Å²) in [6.45, 7) is 1.71. The minimum Gasteiger partial charge on any atom is -0.330 e. The first-order chi connectivity index (χ1) is 9.28. The molecule has 2 unspecified atom stereocenters. The van der Waals surface area contributed by atoms with Crippen LogP contribution < -0.4 is 5.73 Å². The molecule has 102 valence electrons. The monoisotopic (exact) mass is 258 g/mol.